The quantitative estimate of drug-likeness (QED) is 0.723. The Morgan fingerprint density at radius 3 is 2.26 bits per heavy atom. The fraction of sp³-hybridized carbons (Fsp3) is 0.579. The molecule has 0 atom stereocenters. The Morgan fingerprint density at radius 1 is 1.00 bits per heavy atom. The summed E-state index contributed by atoms with van der Waals surface area (Å²) >= 11 is 0. The minimum atomic E-state index is -3.48. The fourth-order valence-corrected chi connectivity index (χ4v) is 6.09. The third kappa shape index (κ3) is 3.30. The molecule has 1 aromatic carbocycles. The fourth-order valence-electron chi connectivity index (χ4n) is 4.63. The predicted octanol–water partition coefficient (Wildman–Crippen LogP) is -0.147. The van der Waals surface area contributed by atoms with Gasteiger partial charge in [-0.15, -0.1) is 0 Å². The molecule has 1 saturated carbocycles. The molecule has 146 valence electrons. The van der Waals surface area contributed by atoms with Crippen LogP contribution in [0.4, 0.5) is 0 Å². The number of amides is 2. The average Bonchev–Trinajstić information content (AvgIpc) is 3.24. The van der Waals surface area contributed by atoms with Crippen molar-refractivity contribution in [3.05, 3.63) is 30.3 Å². The second-order valence-electron chi connectivity index (χ2n) is 7.92. The summed E-state index contributed by atoms with van der Waals surface area (Å²) in [6.45, 7) is 2.34. The molecule has 3 fully saturated rings. The number of quaternary nitrogens is 1. The highest BCUT2D eigenvalue weighted by molar-refractivity contribution is 7.89. The molecule has 0 bridgehead atoms. The molecule has 0 unspecified atom stereocenters. The molecule has 1 aliphatic carbocycles. The van der Waals surface area contributed by atoms with Crippen LogP contribution in [0.3, 0.4) is 0 Å². The number of sulfonamides is 1. The highest BCUT2D eigenvalue weighted by atomic mass is 32.2. The number of carbonyl (C=O) groups excluding carboxylic acids is 2. The van der Waals surface area contributed by atoms with Crippen molar-refractivity contribution in [3.8, 4) is 0 Å². The van der Waals surface area contributed by atoms with E-state index in [0.29, 0.717) is 44.2 Å². The monoisotopic (exact) mass is 392 g/mol. The van der Waals surface area contributed by atoms with Gasteiger partial charge in [0.2, 0.25) is 21.8 Å². The van der Waals surface area contributed by atoms with E-state index in [1.807, 2.05) is 0 Å². The van der Waals surface area contributed by atoms with E-state index in [-0.39, 0.29) is 11.8 Å². The number of hydrogen-bond donors (Lipinski definition) is 1. The molecular weight excluding hydrogens is 366 g/mol. The van der Waals surface area contributed by atoms with Crippen LogP contribution in [-0.2, 0) is 19.6 Å². The Morgan fingerprint density at radius 2 is 1.63 bits per heavy atom. The summed E-state index contributed by atoms with van der Waals surface area (Å²) in [5, 5.41) is 0. The van der Waals surface area contributed by atoms with Crippen LogP contribution in [0, 0.1) is 5.41 Å². The third-order valence-electron chi connectivity index (χ3n) is 6.24. The van der Waals surface area contributed by atoms with Crippen LogP contribution in [0.5, 0.6) is 0 Å². The number of benzene rings is 1. The maximum absolute atomic E-state index is 12.8. The minimum Gasteiger partial charge on any atom is -0.315 e. The molecule has 2 amide bonds. The molecule has 27 heavy (non-hydrogen) atoms. The molecule has 4 rings (SSSR count). The van der Waals surface area contributed by atoms with Gasteiger partial charge in [-0.05, 0) is 25.0 Å². The average molecular weight is 393 g/mol. The van der Waals surface area contributed by atoms with Crippen LogP contribution in [0.15, 0.2) is 35.2 Å². The first kappa shape index (κ1) is 18.6. The molecule has 0 radical (unpaired) electrons. The van der Waals surface area contributed by atoms with Crippen molar-refractivity contribution in [1.29, 1.82) is 0 Å². The summed E-state index contributed by atoms with van der Waals surface area (Å²) in [5.41, 5.74) is -0.436. The van der Waals surface area contributed by atoms with Gasteiger partial charge in [0.05, 0.1) is 36.5 Å². The van der Waals surface area contributed by atoms with Crippen LogP contribution in [0.1, 0.15) is 32.1 Å². The molecule has 3 aliphatic rings. The molecule has 1 N–H and O–H groups in total. The van der Waals surface area contributed by atoms with Crippen molar-refractivity contribution in [2.75, 3.05) is 32.8 Å². The van der Waals surface area contributed by atoms with Crippen molar-refractivity contribution < 1.29 is 22.9 Å². The Bertz CT molecular complexity index is 826. The first-order valence-electron chi connectivity index (χ1n) is 9.66. The van der Waals surface area contributed by atoms with Crippen LogP contribution in [0.2, 0.25) is 0 Å². The molecule has 2 heterocycles. The van der Waals surface area contributed by atoms with Gasteiger partial charge in [-0.25, -0.2) is 13.3 Å². The van der Waals surface area contributed by atoms with Crippen LogP contribution < -0.4 is 4.90 Å². The van der Waals surface area contributed by atoms with Gasteiger partial charge in [0.25, 0.3) is 0 Å². The lowest BCUT2D eigenvalue weighted by Gasteiger charge is -2.33. The third-order valence-corrected chi connectivity index (χ3v) is 8.16. The van der Waals surface area contributed by atoms with E-state index in [4.69, 9.17) is 0 Å². The maximum atomic E-state index is 12.8. The lowest BCUT2D eigenvalue weighted by molar-refractivity contribution is -0.910. The van der Waals surface area contributed by atoms with Crippen LogP contribution >= 0.6 is 0 Å². The lowest BCUT2D eigenvalue weighted by Crippen LogP contribution is -3.16. The van der Waals surface area contributed by atoms with Gasteiger partial charge in [0.15, 0.2) is 6.67 Å². The number of carbonyl (C=O) groups is 2. The van der Waals surface area contributed by atoms with Crippen molar-refractivity contribution in [2.24, 2.45) is 5.41 Å². The van der Waals surface area contributed by atoms with Crippen molar-refractivity contribution >= 4 is 21.8 Å². The molecule has 8 heteroatoms. The smallest absolute Gasteiger partial charge is 0.243 e. The highest BCUT2D eigenvalue weighted by Crippen LogP contribution is 2.46. The van der Waals surface area contributed by atoms with Gasteiger partial charge in [0, 0.05) is 6.42 Å². The zero-order valence-corrected chi connectivity index (χ0v) is 16.2. The number of imide groups is 1. The second kappa shape index (κ2) is 7.00. The summed E-state index contributed by atoms with van der Waals surface area (Å²) in [4.78, 5) is 28.0. The molecule has 1 aromatic rings. The van der Waals surface area contributed by atoms with Gasteiger partial charge >= 0.3 is 0 Å². The Hall–Kier alpha value is -1.77. The Kier molecular flexibility index (Phi) is 4.82. The van der Waals surface area contributed by atoms with E-state index in [1.165, 1.54) is 9.21 Å². The van der Waals surface area contributed by atoms with E-state index in [1.54, 1.807) is 30.3 Å². The zero-order chi connectivity index (χ0) is 19.1. The normalized spacial score (nSPS) is 24.2. The molecule has 2 saturated heterocycles. The Balaban J connectivity index is 1.38. The molecule has 7 nitrogen and oxygen atoms in total. The lowest BCUT2D eigenvalue weighted by atomic mass is 9.85. The van der Waals surface area contributed by atoms with Gasteiger partial charge in [0.1, 0.15) is 0 Å². The molecule has 0 aromatic heterocycles. The van der Waals surface area contributed by atoms with Crippen molar-refractivity contribution in [1.82, 2.24) is 9.21 Å². The number of likely N-dealkylation sites (tertiary alicyclic amines) is 1. The van der Waals surface area contributed by atoms with E-state index < -0.39 is 15.4 Å². The van der Waals surface area contributed by atoms with E-state index in [0.717, 1.165) is 30.6 Å². The van der Waals surface area contributed by atoms with Gasteiger partial charge in [-0.1, -0.05) is 31.0 Å². The first-order chi connectivity index (χ1) is 12.9. The maximum Gasteiger partial charge on any atom is 0.243 e. The SMILES string of the molecule is O=C1CC2(CCCC2)C(=O)N1C[NH+]1CCN(S(=O)(=O)c2ccccc2)CC1. The minimum absolute atomic E-state index is 0.00293. The largest absolute Gasteiger partial charge is 0.315 e. The van der Waals surface area contributed by atoms with Crippen LogP contribution in [0.25, 0.3) is 0 Å². The summed E-state index contributed by atoms with van der Waals surface area (Å²) in [5.74, 6) is -0.0643. The molecular formula is C19H26N3O4S+. The first-order valence-corrected chi connectivity index (χ1v) is 11.1. The number of rotatable bonds is 4. The predicted molar refractivity (Wildman–Crippen MR) is 98.1 cm³/mol. The second-order valence-corrected chi connectivity index (χ2v) is 9.85. The van der Waals surface area contributed by atoms with Crippen LogP contribution in [-0.4, -0.2) is 62.3 Å². The zero-order valence-electron chi connectivity index (χ0n) is 15.4. The summed E-state index contributed by atoms with van der Waals surface area (Å²) < 4.78 is 26.9. The van der Waals surface area contributed by atoms with Gasteiger partial charge < -0.3 is 4.90 Å². The Labute approximate surface area is 160 Å². The van der Waals surface area contributed by atoms with E-state index in [2.05, 4.69) is 0 Å². The van der Waals surface area contributed by atoms with Crippen molar-refractivity contribution in [3.63, 3.8) is 0 Å². The van der Waals surface area contributed by atoms with Gasteiger partial charge in [-0.2, -0.15) is 4.31 Å². The number of piperazine rings is 1. The van der Waals surface area contributed by atoms with Crippen molar-refractivity contribution in [2.45, 2.75) is 37.0 Å². The number of nitrogens with one attached hydrogen (secondary N) is 1. The summed E-state index contributed by atoms with van der Waals surface area (Å²) in [7, 11) is -3.48. The summed E-state index contributed by atoms with van der Waals surface area (Å²) in [6.07, 6.45) is 4.05. The standard InChI is InChI=1S/C19H25N3O4S/c23-17-14-19(8-4-5-9-19)18(24)22(17)15-20-10-12-21(13-11-20)27(25,26)16-6-2-1-3-7-16/h1-3,6-7H,4-5,8-15H2/p+1. The molecule has 2 aliphatic heterocycles. The highest BCUT2D eigenvalue weighted by Gasteiger charge is 2.53. The van der Waals surface area contributed by atoms with E-state index in [9.17, 15) is 18.0 Å². The summed E-state index contributed by atoms with van der Waals surface area (Å²) in [6, 6.07) is 8.45. The number of nitrogens with zero attached hydrogens (tertiary/aromatic N) is 2. The van der Waals surface area contributed by atoms with Gasteiger partial charge in [-0.3, -0.25) is 9.59 Å². The topological polar surface area (TPSA) is 79.2 Å². The van der Waals surface area contributed by atoms with E-state index >= 15 is 0 Å². The number of hydrogen-bond acceptors (Lipinski definition) is 4. The molecule has 1 spiro atoms.